The average Bonchev–Trinajstić information content (AvgIpc) is 2.72. The van der Waals surface area contributed by atoms with Gasteiger partial charge in [-0.3, -0.25) is 0 Å². The lowest BCUT2D eigenvalue weighted by Gasteiger charge is -2.19. The highest BCUT2D eigenvalue weighted by Crippen LogP contribution is 2.25. The molecule has 0 aliphatic rings. The van der Waals surface area contributed by atoms with Gasteiger partial charge in [0.1, 0.15) is 36.0 Å². The van der Waals surface area contributed by atoms with E-state index < -0.39 is 5.97 Å². The third-order valence-corrected chi connectivity index (χ3v) is 4.39. The molecule has 0 aliphatic heterocycles. The van der Waals surface area contributed by atoms with E-state index in [1.807, 2.05) is 60.7 Å². The zero-order chi connectivity index (χ0) is 20.7. The van der Waals surface area contributed by atoms with Crippen molar-refractivity contribution in [3.63, 3.8) is 0 Å². The maximum absolute atomic E-state index is 12.6. The minimum atomic E-state index is -0.451. The van der Waals surface area contributed by atoms with Gasteiger partial charge in [0.15, 0.2) is 0 Å². The van der Waals surface area contributed by atoms with Gasteiger partial charge >= 0.3 is 5.97 Å². The molecule has 0 heterocycles. The minimum absolute atomic E-state index is 0.0464. The maximum atomic E-state index is 12.6. The number of carbonyl (C=O) groups excluding carboxylic acids is 1. The van der Waals surface area contributed by atoms with Crippen molar-refractivity contribution in [3.05, 3.63) is 90.0 Å². The van der Waals surface area contributed by atoms with Crippen molar-refractivity contribution in [2.45, 2.75) is 26.2 Å². The number of hydrogen-bond acceptors (Lipinski definition) is 4. The fraction of sp³-hybridized carbons (Fsp3) is 0.240. The van der Waals surface area contributed by atoms with Gasteiger partial charge in [0, 0.05) is 0 Å². The Labute approximate surface area is 172 Å². The molecule has 0 radical (unpaired) electrons. The van der Waals surface area contributed by atoms with Crippen LogP contribution < -0.4 is 14.2 Å². The van der Waals surface area contributed by atoms with Crippen molar-refractivity contribution in [2.24, 2.45) is 0 Å². The molecule has 0 saturated heterocycles. The first-order chi connectivity index (χ1) is 13.9. The van der Waals surface area contributed by atoms with E-state index in [9.17, 15) is 4.79 Å². The van der Waals surface area contributed by atoms with Crippen molar-refractivity contribution in [1.82, 2.24) is 0 Å². The molecule has 0 unspecified atom stereocenters. The number of carbonyl (C=O) groups is 1. The van der Waals surface area contributed by atoms with Gasteiger partial charge in [-0.2, -0.15) is 0 Å². The predicted molar refractivity (Wildman–Crippen MR) is 114 cm³/mol. The van der Waals surface area contributed by atoms with Crippen LogP contribution in [0.25, 0.3) is 0 Å². The third kappa shape index (κ3) is 5.85. The monoisotopic (exact) mass is 390 g/mol. The highest BCUT2D eigenvalue weighted by atomic mass is 16.5. The van der Waals surface area contributed by atoms with Gasteiger partial charge < -0.3 is 14.2 Å². The van der Waals surface area contributed by atoms with E-state index >= 15 is 0 Å². The van der Waals surface area contributed by atoms with Gasteiger partial charge in [-0.25, -0.2) is 4.79 Å². The summed E-state index contributed by atoms with van der Waals surface area (Å²) in [5, 5.41) is 0. The Kier molecular flexibility index (Phi) is 6.55. The average molecular weight is 390 g/mol. The third-order valence-electron chi connectivity index (χ3n) is 4.39. The summed E-state index contributed by atoms with van der Waals surface area (Å²) < 4.78 is 16.9. The van der Waals surface area contributed by atoms with Crippen molar-refractivity contribution in [2.75, 3.05) is 13.2 Å². The number of para-hydroxylation sites is 2. The van der Waals surface area contributed by atoms with Gasteiger partial charge in [0.05, 0.1) is 0 Å². The second kappa shape index (κ2) is 9.28. The fourth-order valence-corrected chi connectivity index (χ4v) is 2.77. The fourth-order valence-electron chi connectivity index (χ4n) is 2.77. The minimum Gasteiger partial charge on any atom is -0.490 e. The molecule has 29 heavy (non-hydrogen) atoms. The Morgan fingerprint density at radius 3 is 2.03 bits per heavy atom. The van der Waals surface area contributed by atoms with Crippen LogP contribution in [0.1, 0.15) is 36.7 Å². The topological polar surface area (TPSA) is 44.8 Å². The molecule has 0 amide bonds. The van der Waals surface area contributed by atoms with E-state index in [0.29, 0.717) is 30.3 Å². The van der Waals surface area contributed by atoms with E-state index in [2.05, 4.69) is 20.8 Å². The molecular formula is C25H26O4. The molecule has 0 spiro atoms. The quantitative estimate of drug-likeness (QED) is 0.297. The molecule has 4 nitrogen and oxygen atoms in total. The normalized spacial score (nSPS) is 11.0. The molecule has 3 rings (SSSR count). The number of hydrogen-bond donors (Lipinski definition) is 0. The summed E-state index contributed by atoms with van der Waals surface area (Å²) in [6.07, 6.45) is 0. The Morgan fingerprint density at radius 2 is 1.34 bits per heavy atom. The lowest BCUT2D eigenvalue weighted by molar-refractivity contribution is 0.0729. The van der Waals surface area contributed by atoms with E-state index in [-0.39, 0.29) is 5.41 Å². The van der Waals surface area contributed by atoms with Crippen molar-refractivity contribution < 1.29 is 19.0 Å². The highest BCUT2D eigenvalue weighted by Gasteiger charge is 2.16. The van der Waals surface area contributed by atoms with Gasteiger partial charge in [-0.15, -0.1) is 0 Å². The van der Waals surface area contributed by atoms with Crippen LogP contribution in [0.5, 0.6) is 17.2 Å². The van der Waals surface area contributed by atoms with Crippen LogP contribution in [0.2, 0.25) is 0 Å². The second-order valence-electron chi connectivity index (χ2n) is 7.67. The van der Waals surface area contributed by atoms with Crippen LogP contribution >= 0.6 is 0 Å². The number of esters is 1. The molecular weight excluding hydrogens is 364 g/mol. The highest BCUT2D eigenvalue weighted by molar-refractivity contribution is 5.94. The van der Waals surface area contributed by atoms with Crippen LogP contribution in [0.3, 0.4) is 0 Å². The largest absolute Gasteiger partial charge is 0.490 e. The maximum Gasteiger partial charge on any atom is 0.347 e. The summed E-state index contributed by atoms with van der Waals surface area (Å²) in [4.78, 5) is 12.6. The predicted octanol–water partition coefficient (Wildman–Crippen LogP) is 5.66. The summed E-state index contributed by atoms with van der Waals surface area (Å²) in [6, 6.07) is 24.2. The Balaban J connectivity index is 1.59. The zero-order valence-electron chi connectivity index (χ0n) is 17.1. The summed E-state index contributed by atoms with van der Waals surface area (Å²) in [6.45, 7) is 7.12. The van der Waals surface area contributed by atoms with Gasteiger partial charge in [0.25, 0.3) is 0 Å². The molecule has 0 aromatic heterocycles. The van der Waals surface area contributed by atoms with Crippen LogP contribution in [-0.4, -0.2) is 19.2 Å². The molecule has 3 aromatic carbocycles. The molecule has 0 atom stereocenters. The number of benzene rings is 3. The number of rotatable bonds is 7. The first-order valence-corrected chi connectivity index (χ1v) is 9.66. The lowest BCUT2D eigenvalue weighted by atomic mass is 9.87. The first kappa shape index (κ1) is 20.5. The van der Waals surface area contributed by atoms with E-state index in [0.717, 1.165) is 5.75 Å². The lowest BCUT2D eigenvalue weighted by Crippen LogP contribution is -2.14. The second-order valence-corrected chi connectivity index (χ2v) is 7.67. The molecule has 0 bridgehead atoms. The summed E-state index contributed by atoms with van der Waals surface area (Å²) in [5.74, 6) is 1.31. The van der Waals surface area contributed by atoms with E-state index in [4.69, 9.17) is 14.2 Å². The summed E-state index contributed by atoms with van der Waals surface area (Å²) in [7, 11) is 0. The standard InChI is InChI=1S/C25H26O4/c1-25(2,3)19-13-15-21(16-14-19)29-24(26)22-11-7-8-12-23(22)28-18-17-27-20-9-5-4-6-10-20/h4-16H,17-18H2,1-3H3. The number of ether oxygens (including phenoxy) is 3. The van der Waals surface area contributed by atoms with Crippen LogP contribution in [-0.2, 0) is 5.41 Å². The zero-order valence-corrected chi connectivity index (χ0v) is 17.1. The summed E-state index contributed by atoms with van der Waals surface area (Å²) in [5.41, 5.74) is 1.61. The molecule has 3 aromatic rings. The molecule has 0 N–H and O–H groups in total. The molecule has 0 fully saturated rings. The van der Waals surface area contributed by atoms with E-state index in [1.54, 1.807) is 18.2 Å². The van der Waals surface area contributed by atoms with Crippen molar-refractivity contribution >= 4 is 5.97 Å². The Bertz CT molecular complexity index is 925. The molecule has 0 saturated carbocycles. The van der Waals surface area contributed by atoms with Crippen molar-refractivity contribution in [1.29, 1.82) is 0 Å². The SMILES string of the molecule is CC(C)(C)c1ccc(OC(=O)c2ccccc2OCCOc2ccccc2)cc1. The Hall–Kier alpha value is -3.27. The van der Waals surface area contributed by atoms with Gasteiger partial charge in [0.2, 0.25) is 0 Å². The molecule has 4 heteroatoms. The molecule has 0 aliphatic carbocycles. The smallest absolute Gasteiger partial charge is 0.347 e. The summed E-state index contributed by atoms with van der Waals surface area (Å²) >= 11 is 0. The van der Waals surface area contributed by atoms with Gasteiger partial charge in [-0.05, 0) is 47.4 Å². The van der Waals surface area contributed by atoms with Crippen LogP contribution in [0, 0.1) is 0 Å². The van der Waals surface area contributed by atoms with Crippen LogP contribution in [0.4, 0.5) is 0 Å². The van der Waals surface area contributed by atoms with Gasteiger partial charge in [-0.1, -0.05) is 63.2 Å². The molecule has 150 valence electrons. The van der Waals surface area contributed by atoms with E-state index in [1.165, 1.54) is 5.56 Å². The first-order valence-electron chi connectivity index (χ1n) is 9.66. The van der Waals surface area contributed by atoms with Crippen molar-refractivity contribution in [3.8, 4) is 17.2 Å². The Morgan fingerprint density at radius 1 is 0.724 bits per heavy atom. The van der Waals surface area contributed by atoms with Crippen LogP contribution in [0.15, 0.2) is 78.9 Å².